The summed E-state index contributed by atoms with van der Waals surface area (Å²) in [6, 6.07) is 7.23. The zero-order chi connectivity index (χ0) is 13.0. The number of allylic oxidation sites excluding steroid dienone is 1. The monoisotopic (exact) mass is 245 g/mol. The summed E-state index contributed by atoms with van der Waals surface area (Å²) >= 11 is 0. The number of ether oxygens (including phenoxy) is 2. The number of amides is 1. The van der Waals surface area contributed by atoms with Gasteiger partial charge in [-0.15, -0.1) is 0 Å². The van der Waals surface area contributed by atoms with Crippen molar-refractivity contribution in [3.63, 3.8) is 0 Å². The second-order valence-corrected chi connectivity index (χ2v) is 3.58. The highest BCUT2D eigenvalue weighted by atomic mass is 16.6. The molecule has 0 unspecified atom stereocenters. The topological polar surface area (TPSA) is 65.0 Å². The number of carbonyl (C=O) groups is 2. The van der Waals surface area contributed by atoms with E-state index in [1.54, 1.807) is 25.3 Å². The van der Waals surface area contributed by atoms with Gasteiger partial charge in [-0.25, -0.2) is 4.79 Å². The van der Waals surface area contributed by atoms with E-state index < -0.39 is 6.09 Å². The van der Waals surface area contributed by atoms with Gasteiger partial charge < -0.3 is 9.47 Å². The molecule has 2 rings (SSSR count). The van der Waals surface area contributed by atoms with Crippen LogP contribution >= 0.6 is 0 Å². The molecule has 1 aromatic rings. The van der Waals surface area contributed by atoms with Gasteiger partial charge in [-0.3, -0.25) is 4.79 Å². The lowest BCUT2D eigenvalue weighted by Crippen LogP contribution is -2.12. The fourth-order valence-corrected chi connectivity index (χ4v) is 1.41. The van der Waals surface area contributed by atoms with E-state index in [-0.39, 0.29) is 18.1 Å². The molecule has 0 radical (unpaired) electrons. The van der Waals surface area contributed by atoms with E-state index in [9.17, 15) is 9.59 Å². The number of methoxy groups -OCH3 is 1. The van der Waals surface area contributed by atoms with Crippen molar-refractivity contribution < 1.29 is 19.1 Å². The maximum absolute atomic E-state index is 11.6. The van der Waals surface area contributed by atoms with E-state index >= 15 is 0 Å². The van der Waals surface area contributed by atoms with Gasteiger partial charge in [-0.1, -0.05) is 18.2 Å². The molecule has 1 aliphatic heterocycles. The molecule has 1 aliphatic rings. The van der Waals surface area contributed by atoms with Crippen molar-refractivity contribution in [2.24, 2.45) is 4.99 Å². The third-order valence-electron chi connectivity index (χ3n) is 2.39. The van der Waals surface area contributed by atoms with E-state index in [1.807, 2.05) is 12.1 Å². The Bertz CT molecular complexity index is 528. The molecular formula is C13H11NO4. The van der Waals surface area contributed by atoms with Crippen LogP contribution in [-0.4, -0.2) is 31.3 Å². The molecule has 18 heavy (non-hydrogen) atoms. The Hall–Kier alpha value is -2.43. The highest BCUT2D eigenvalue weighted by Crippen LogP contribution is 2.12. The third-order valence-corrected chi connectivity index (χ3v) is 2.39. The normalized spacial score (nSPS) is 14.5. The first-order chi connectivity index (χ1) is 8.69. The fourth-order valence-electron chi connectivity index (χ4n) is 1.41. The molecule has 0 saturated heterocycles. The minimum Gasteiger partial charge on any atom is -0.497 e. The van der Waals surface area contributed by atoms with Crippen molar-refractivity contribution in [1.82, 2.24) is 0 Å². The average Bonchev–Trinajstić information content (AvgIpc) is 2.83. The zero-order valence-corrected chi connectivity index (χ0v) is 9.75. The Morgan fingerprint density at radius 2 is 2.11 bits per heavy atom. The van der Waals surface area contributed by atoms with Gasteiger partial charge in [0.25, 0.3) is 0 Å². The van der Waals surface area contributed by atoms with Crippen LogP contribution in [-0.2, 0) is 9.53 Å². The first kappa shape index (κ1) is 12.0. The number of aliphatic imine (C=N–C) groups is 1. The van der Waals surface area contributed by atoms with Crippen LogP contribution in [0.5, 0.6) is 5.75 Å². The van der Waals surface area contributed by atoms with Gasteiger partial charge in [0.1, 0.15) is 18.1 Å². The molecule has 1 heterocycles. The average molecular weight is 245 g/mol. The molecule has 0 atom stereocenters. The predicted molar refractivity (Wildman–Crippen MR) is 65.8 cm³/mol. The summed E-state index contributed by atoms with van der Waals surface area (Å²) in [6.07, 6.45) is 2.30. The van der Waals surface area contributed by atoms with Crippen LogP contribution in [0, 0.1) is 0 Å². The number of ketones is 1. The fraction of sp³-hybridized carbons (Fsp3) is 0.154. The van der Waals surface area contributed by atoms with Crippen molar-refractivity contribution in [2.75, 3.05) is 13.7 Å². The second-order valence-electron chi connectivity index (χ2n) is 3.58. The molecular weight excluding hydrogens is 234 g/mol. The van der Waals surface area contributed by atoms with Crippen LogP contribution in [0.4, 0.5) is 4.79 Å². The second kappa shape index (κ2) is 5.27. The largest absolute Gasteiger partial charge is 0.497 e. The molecule has 0 aromatic heterocycles. The number of cyclic esters (lactones) is 1. The van der Waals surface area contributed by atoms with Crippen LogP contribution in [0.1, 0.15) is 5.56 Å². The SMILES string of the molecule is COc1ccc(C=CC(=O)C2=NC(=O)OC2)cc1. The maximum atomic E-state index is 11.6. The smallest absolute Gasteiger partial charge is 0.434 e. The van der Waals surface area contributed by atoms with Crippen molar-refractivity contribution in [3.8, 4) is 5.75 Å². The van der Waals surface area contributed by atoms with Gasteiger partial charge in [-0.05, 0) is 23.8 Å². The lowest BCUT2D eigenvalue weighted by molar-refractivity contribution is -0.108. The Balaban J connectivity index is 2.04. The standard InChI is InChI=1S/C13H11NO4/c1-17-10-5-2-9(3-6-10)4-7-12(15)11-8-18-13(16)14-11/h2-7H,8H2,1H3. The summed E-state index contributed by atoms with van der Waals surface area (Å²) in [5.74, 6) is 0.425. The number of benzene rings is 1. The summed E-state index contributed by atoms with van der Waals surface area (Å²) < 4.78 is 9.58. The van der Waals surface area contributed by atoms with E-state index in [2.05, 4.69) is 9.73 Å². The lowest BCUT2D eigenvalue weighted by Gasteiger charge is -1.98. The van der Waals surface area contributed by atoms with Crippen molar-refractivity contribution >= 4 is 23.7 Å². The number of nitrogens with zero attached hydrogens (tertiary/aromatic N) is 1. The molecule has 0 spiro atoms. The highest BCUT2D eigenvalue weighted by Gasteiger charge is 2.19. The molecule has 5 heteroatoms. The van der Waals surface area contributed by atoms with E-state index in [0.29, 0.717) is 0 Å². The van der Waals surface area contributed by atoms with Crippen molar-refractivity contribution in [3.05, 3.63) is 35.9 Å². The molecule has 1 amide bonds. The van der Waals surface area contributed by atoms with Crippen LogP contribution < -0.4 is 4.74 Å². The van der Waals surface area contributed by atoms with Gasteiger partial charge in [0.15, 0.2) is 0 Å². The van der Waals surface area contributed by atoms with Gasteiger partial charge >= 0.3 is 6.09 Å². The first-order valence-corrected chi connectivity index (χ1v) is 5.30. The number of rotatable bonds is 4. The quantitative estimate of drug-likeness (QED) is 0.759. The predicted octanol–water partition coefficient (Wildman–Crippen LogP) is 1.87. The van der Waals surface area contributed by atoms with Gasteiger partial charge in [0.05, 0.1) is 7.11 Å². The number of carbonyl (C=O) groups excluding carboxylic acids is 2. The Kier molecular flexibility index (Phi) is 3.52. The molecule has 0 saturated carbocycles. The minimum absolute atomic E-state index is 0.0510. The number of hydrogen-bond acceptors (Lipinski definition) is 4. The minimum atomic E-state index is -0.712. The van der Waals surface area contributed by atoms with Gasteiger partial charge in [0, 0.05) is 0 Å². The van der Waals surface area contributed by atoms with Crippen molar-refractivity contribution in [2.45, 2.75) is 0 Å². The summed E-state index contributed by atoms with van der Waals surface area (Å²) in [5.41, 5.74) is 0.986. The van der Waals surface area contributed by atoms with Crippen LogP contribution in [0.2, 0.25) is 0 Å². The molecule has 92 valence electrons. The lowest BCUT2D eigenvalue weighted by atomic mass is 10.1. The van der Waals surface area contributed by atoms with E-state index in [0.717, 1.165) is 11.3 Å². The maximum Gasteiger partial charge on any atom is 0.434 e. The van der Waals surface area contributed by atoms with Gasteiger partial charge in [-0.2, -0.15) is 4.99 Å². The first-order valence-electron chi connectivity index (χ1n) is 5.30. The van der Waals surface area contributed by atoms with Crippen LogP contribution in [0.25, 0.3) is 6.08 Å². The van der Waals surface area contributed by atoms with Crippen LogP contribution in [0.15, 0.2) is 35.3 Å². The molecule has 0 aliphatic carbocycles. The molecule has 5 nitrogen and oxygen atoms in total. The summed E-state index contributed by atoms with van der Waals surface area (Å²) in [7, 11) is 1.59. The Labute approximate surface area is 104 Å². The molecule has 1 aromatic carbocycles. The van der Waals surface area contributed by atoms with Crippen LogP contribution in [0.3, 0.4) is 0 Å². The molecule has 0 bridgehead atoms. The zero-order valence-electron chi connectivity index (χ0n) is 9.75. The third kappa shape index (κ3) is 2.82. The molecule has 0 fully saturated rings. The highest BCUT2D eigenvalue weighted by molar-refractivity contribution is 6.47. The summed E-state index contributed by atoms with van der Waals surface area (Å²) in [4.78, 5) is 25.8. The summed E-state index contributed by atoms with van der Waals surface area (Å²) in [6.45, 7) is -0.0510. The summed E-state index contributed by atoms with van der Waals surface area (Å²) in [5, 5.41) is 0. The number of hydrogen-bond donors (Lipinski definition) is 0. The van der Waals surface area contributed by atoms with E-state index in [1.165, 1.54) is 6.08 Å². The Morgan fingerprint density at radius 1 is 1.39 bits per heavy atom. The van der Waals surface area contributed by atoms with E-state index in [4.69, 9.17) is 4.74 Å². The van der Waals surface area contributed by atoms with Crippen molar-refractivity contribution in [1.29, 1.82) is 0 Å². The Morgan fingerprint density at radius 3 is 2.67 bits per heavy atom. The molecule has 0 N–H and O–H groups in total. The van der Waals surface area contributed by atoms with Gasteiger partial charge in [0.2, 0.25) is 5.78 Å².